The Morgan fingerprint density at radius 3 is 1.95 bits per heavy atom. The van der Waals surface area contributed by atoms with Gasteiger partial charge in [0.05, 0.1) is 0 Å². The smallest absolute Gasteiger partial charge is 0.166 e. The normalized spacial score (nSPS) is 16.4. The first-order valence-electron chi connectivity index (χ1n) is 5.70. The average molecular weight is 262 g/mol. The third kappa shape index (κ3) is 1.82. The maximum absolute atomic E-state index is 13.1. The van der Waals surface area contributed by atoms with E-state index < -0.39 is 11.8 Å². The molecule has 3 rings (SSSR count). The van der Waals surface area contributed by atoms with Crippen molar-refractivity contribution >= 4 is 0 Å². The first kappa shape index (κ1) is 11.9. The third-order valence-corrected chi connectivity index (χ3v) is 3.08. The van der Waals surface area contributed by atoms with E-state index in [-0.39, 0.29) is 5.56 Å². The SMILES string of the molecule is FC(F)(F)C1(c2ccccc2-c2ccccc2)N=N1. The van der Waals surface area contributed by atoms with Crippen LogP contribution in [0.5, 0.6) is 0 Å². The highest BCUT2D eigenvalue weighted by molar-refractivity contribution is 5.69. The summed E-state index contributed by atoms with van der Waals surface area (Å²) < 4.78 is 39.3. The maximum atomic E-state index is 13.1. The lowest BCUT2D eigenvalue weighted by Gasteiger charge is -2.18. The molecular weight excluding hydrogens is 253 g/mol. The summed E-state index contributed by atoms with van der Waals surface area (Å²) in [6, 6.07) is 15.3. The van der Waals surface area contributed by atoms with E-state index >= 15 is 0 Å². The Hall–Kier alpha value is -2.17. The molecule has 1 aliphatic heterocycles. The molecule has 0 aromatic heterocycles. The molecule has 0 amide bonds. The second-order valence-corrected chi connectivity index (χ2v) is 4.28. The van der Waals surface area contributed by atoms with E-state index in [4.69, 9.17) is 0 Å². The number of hydrogen-bond acceptors (Lipinski definition) is 2. The van der Waals surface area contributed by atoms with Crippen molar-refractivity contribution in [3.8, 4) is 11.1 Å². The predicted octanol–water partition coefficient (Wildman–Crippen LogP) is 4.53. The molecule has 0 saturated heterocycles. The van der Waals surface area contributed by atoms with Gasteiger partial charge in [0.2, 0.25) is 0 Å². The summed E-state index contributed by atoms with van der Waals surface area (Å²) in [4.78, 5) is 0. The summed E-state index contributed by atoms with van der Waals surface area (Å²) in [5.41, 5.74) is -1.07. The lowest BCUT2D eigenvalue weighted by molar-refractivity contribution is -0.166. The van der Waals surface area contributed by atoms with Crippen LogP contribution >= 0.6 is 0 Å². The van der Waals surface area contributed by atoms with Crippen LogP contribution in [0.4, 0.5) is 13.2 Å². The van der Waals surface area contributed by atoms with E-state index in [1.54, 1.807) is 42.5 Å². The van der Waals surface area contributed by atoms with E-state index in [1.807, 2.05) is 6.07 Å². The molecule has 19 heavy (non-hydrogen) atoms. The zero-order valence-electron chi connectivity index (χ0n) is 9.72. The Morgan fingerprint density at radius 2 is 1.37 bits per heavy atom. The van der Waals surface area contributed by atoms with Gasteiger partial charge < -0.3 is 0 Å². The molecular formula is C14H9F3N2. The van der Waals surface area contributed by atoms with Crippen molar-refractivity contribution in [2.45, 2.75) is 11.8 Å². The largest absolute Gasteiger partial charge is 0.442 e. The van der Waals surface area contributed by atoms with E-state index in [1.165, 1.54) is 6.07 Å². The zero-order valence-corrected chi connectivity index (χ0v) is 9.72. The fourth-order valence-corrected chi connectivity index (χ4v) is 2.08. The summed E-state index contributed by atoms with van der Waals surface area (Å²) in [5.74, 6) is 0. The summed E-state index contributed by atoms with van der Waals surface area (Å²) in [7, 11) is 0. The van der Waals surface area contributed by atoms with Gasteiger partial charge in [-0.15, -0.1) is 10.2 Å². The molecule has 2 nitrogen and oxygen atoms in total. The Balaban J connectivity index is 2.15. The van der Waals surface area contributed by atoms with E-state index in [0.29, 0.717) is 5.56 Å². The lowest BCUT2D eigenvalue weighted by Crippen LogP contribution is -2.30. The molecule has 5 heteroatoms. The molecule has 0 radical (unpaired) electrons. The fourth-order valence-electron chi connectivity index (χ4n) is 2.08. The number of halogens is 3. The second-order valence-electron chi connectivity index (χ2n) is 4.28. The van der Waals surface area contributed by atoms with Gasteiger partial charge in [-0.1, -0.05) is 54.6 Å². The van der Waals surface area contributed by atoms with Gasteiger partial charge in [0, 0.05) is 5.56 Å². The summed E-state index contributed by atoms with van der Waals surface area (Å²) in [6.07, 6.45) is -4.50. The number of nitrogens with zero attached hydrogens (tertiary/aromatic N) is 2. The summed E-state index contributed by atoms with van der Waals surface area (Å²) >= 11 is 0. The quantitative estimate of drug-likeness (QED) is 0.759. The van der Waals surface area contributed by atoms with Crippen molar-refractivity contribution in [2.24, 2.45) is 10.2 Å². The minimum absolute atomic E-state index is 0.0775. The molecule has 0 fully saturated rings. The van der Waals surface area contributed by atoms with Crippen molar-refractivity contribution in [1.29, 1.82) is 0 Å². The van der Waals surface area contributed by atoms with Crippen LogP contribution in [-0.2, 0) is 5.66 Å². The van der Waals surface area contributed by atoms with Crippen molar-refractivity contribution < 1.29 is 13.2 Å². The van der Waals surface area contributed by atoms with Crippen LogP contribution in [0, 0.1) is 0 Å². The summed E-state index contributed by atoms with van der Waals surface area (Å²) in [6.45, 7) is 0. The molecule has 0 bridgehead atoms. The van der Waals surface area contributed by atoms with Crippen LogP contribution in [0.3, 0.4) is 0 Å². The Labute approximate surface area is 107 Å². The van der Waals surface area contributed by atoms with Crippen LogP contribution in [0.25, 0.3) is 11.1 Å². The van der Waals surface area contributed by atoms with Crippen molar-refractivity contribution in [3.05, 3.63) is 60.2 Å². The van der Waals surface area contributed by atoms with Gasteiger partial charge in [-0.05, 0) is 11.1 Å². The molecule has 0 spiro atoms. The highest BCUT2D eigenvalue weighted by Crippen LogP contribution is 2.54. The number of benzene rings is 2. The van der Waals surface area contributed by atoms with Crippen LogP contribution in [0.2, 0.25) is 0 Å². The van der Waals surface area contributed by atoms with Crippen LogP contribution in [0.15, 0.2) is 64.8 Å². The Bertz CT molecular complexity index is 627. The number of alkyl halides is 3. The van der Waals surface area contributed by atoms with Crippen LogP contribution in [0.1, 0.15) is 5.56 Å². The molecule has 1 aliphatic rings. The number of hydrogen-bond donors (Lipinski definition) is 0. The first-order valence-corrected chi connectivity index (χ1v) is 5.70. The van der Waals surface area contributed by atoms with Crippen molar-refractivity contribution in [2.75, 3.05) is 0 Å². The molecule has 0 saturated carbocycles. The van der Waals surface area contributed by atoms with Gasteiger partial charge in [-0.3, -0.25) is 0 Å². The molecule has 1 heterocycles. The van der Waals surface area contributed by atoms with E-state index in [9.17, 15) is 13.2 Å². The molecule has 2 aromatic rings. The third-order valence-electron chi connectivity index (χ3n) is 3.08. The van der Waals surface area contributed by atoms with Gasteiger partial charge in [0.25, 0.3) is 0 Å². The average Bonchev–Trinajstić information content (AvgIpc) is 3.21. The van der Waals surface area contributed by atoms with Gasteiger partial charge in [-0.2, -0.15) is 13.2 Å². The Morgan fingerprint density at radius 1 is 0.789 bits per heavy atom. The summed E-state index contributed by atoms with van der Waals surface area (Å²) in [5, 5.41) is 6.52. The maximum Gasteiger partial charge on any atom is 0.442 e. The van der Waals surface area contributed by atoms with E-state index in [0.717, 1.165) is 5.56 Å². The highest BCUT2D eigenvalue weighted by atomic mass is 19.4. The minimum atomic E-state index is -4.50. The fraction of sp³-hybridized carbons (Fsp3) is 0.143. The molecule has 2 aromatic carbocycles. The topological polar surface area (TPSA) is 24.7 Å². The standard InChI is InChI=1S/C14H9F3N2/c15-14(16,17)13(18-19-13)12-9-5-4-8-11(12)10-6-2-1-3-7-10/h1-9H. The van der Waals surface area contributed by atoms with Crippen LogP contribution in [-0.4, -0.2) is 6.18 Å². The van der Waals surface area contributed by atoms with Crippen LogP contribution < -0.4 is 0 Å². The molecule has 96 valence electrons. The first-order chi connectivity index (χ1) is 9.05. The molecule has 0 N–H and O–H groups in total. The Kier molecular flexibility index (Phi) is 2.45. The predicted molar refractivity (Wildman–Crippen MR) is 64.5 cm³/mol. The zero-order chi connectivity index (χ0) is 13.5. The van der Waals surface area contributed by atoms with Gasteiger partial charge >= 0.3 is 11.8 Å². The molecule has 0 unspecified atom stereocenters. The van der Waals surface area contributed by atoms with E-state index in [2.05, 4.69) is 10.2 Å². The monoisotopic (exact) mass is 262 g/mol. The van der Waals surface area contributed by atoms with Crippen molar-refractivity contribution in [1.82, 2.24) is 0 Å². The van der Waals surface area contributed by atoms with Gasteiger partial charge in [0.15, 0.2) is 0 Å². The van der Waals surface area contributed by atoms with Gasteiger partial charge in [0.1, 0.15) is 0 Å². The van der Waals surface area contributed by atoms with Gasteiger partial charge in [-0.25, -0.2) is 0 Å². The lowest BCUT2D eigenvalue weighted by atomic mass is 9.92. The second kappa shape index (κ2) is 3.91. The molecule has 0 aliphatic carbocycles. The number of rotatable bonds is 2. The minimum Gasteiger partial charge on any atom is -0.166 e. The highest BCUT2D eigenvalue weighted by Gasteiger charge is 2.65. The molecule has 0 atom stereocenters. The van der Waals surface area contributed by atoms with Crippen molar-refractivity contribution in [3.63, 3.8) is 0 Å².